The molecule has 2 rings (SSSR count). The normalized spacial score (nSPS) is 11.5. The lowest BCUT2D eigenvalue weighted by molar-refractivity contribution is 0.0525. The Hall–Kier alpha value is -3.07. The predicted octanol–water partition coefficient (Wildman–Crippen LogP) is 3.33. The van der Waals surface area contributed by atoms with Crippen molar-refractivity contribution < 1.29 is 19.1 Å². The zero-order valence-corrected chi connectivity index (χ0v) is 14.7. The number of carbonyl (C=O) groups is 2. The molecule has 0 aliphatic rings. The molecule has 0 fully saturated rings. The summed E-state index contributed by atoms with van der Waals surface area (Å²) in [5, 5.41) is 8.80. The number of Topliss-reactive ketones (excluding diaryl/α,β-unsaturated/α-hetero) is 1. The number of nitriles is 1. The van der Waals surface area contributed by atoms with Crippen molar-refractivity contribution in [1.82, 2.24) is 4.98 Å². The van der Waals surface area contributed by atoms with E-state index in [0.717, 1.165) is 0 Å². The van der Waals surface area contributed by atoms with Crippen molar-refractivity contribution >= 4 is 11.8 Å². The number of carbonyl (C=O) groups excluding carboxylic acids is 2. The van der Waals surface area contributed by atoms with Gasteiger partial charge in [0.15, 0.2) is 6.10 Å². The zero-order chi connectivity index (χ0) is 18.6. The number of ether oxygens (including phenoxy) is 2. The second kappa shape index (κ2) is 7.67. The van der Waals surface area contributed by atoms with Crippen LogP contribution in [0.2, 0.25) is 0 Å². The van der Waals surface area contributed by atoms with E-state index in [1.807, 2.05) is 6.07 Å². The van der Waals surface area contributed by atoms with Crippen molar-refractivity contribution in [3.63, 3.8) is 0 Å². The molecule has 0 aliphatic heterocycles. The molecule has 0 saturated carbocycles. The number of rotatable bonds is 6. The molecule has 2 aromatic rings. The highest BCUT2D eigenvalue weighted by atomic mass is 16.5. The highest BCUT2D eigenvalue weighted by Crippen LogP contribution is 2.22. The molecule has 0 bridgehead atoms. The van der Waals surface area contributed by atoms with Crippen LogP contribution in [0.25, 0.3) is 0 Å². The first kappa shape index (κ1) is 18.3. The Morgan fingerprint density at radius 1 is 1.24 bits per heavy atom. The second-order valence-corrected chi connectivity index (χ2v) is 5.61. The Balaban J connectivity index is 2.20. The van der Waals surface area contributed by atoms with Crippen LogP contribution in [0.4, 0.5) is 0 Å². The minimum atomic E-state index is -0.750. The Morgan fingerprint density at radius 2 is 1.88 bits per heavy atom. The summed E-state index contributed by atoms with van der Waals surface area (Å²) in [6.45, 7) is 7.07. The van der Waals surface area contributed by atoms with Crippen LogP contribution in [0.3, 0.4) is 0 Å². The van der Waals surface area contributed by atoms with E-state index < -0.39 is 12.1 Å². The molecule has 0 radical (unpaired) electrons. The number of esters is 1. The van der Waals surface area contributed by atoms with E-state index in [2.05, 4.69) is 4.98 Å². The quantitative estimate of drug-likeness (QED) is 0.643. The maximum absolute atomic E-state index is 12.7. The van der Waals surface area contributed by atoms with Crippen LogP contribution in [0.15, 0.2) is 24.3 Å². The minimum Gasteiger partial charge on any atom is -0.483 e. The van der Waals surface area contributed by atoms with E-state index in [1.54, 1.807) is 52.0 Å². The van der Waals surface area contributed by atoms with E-state index in [4.69, 9.17) is 14.7 Å². The van der Waals surface area contributed by atoms with Crippen LogP contribution < -0.4 is 4.74 Å². The number of aryl methyl sites for hydroxylation is 1. The smallest absolute Gasteiger partial charge is 0.340 e. The summed E-state index contributed by atoms with van der Waals surface area (Å²) in [5.41, 5.74) is 2.37. The molecule has 6 nitrogen and oxygen atoms in total. The van der Waals surface area contributed by atoms with Crippen molar-refractivity contribution in [3.8, 4) is 11.8 Å². The molecule has 0 aliphatic carbocycles. The molecule has 0 unspecified atom stereocenters. The van der Waals surface area contributed by atoms with Crippen LogP contribution in [0.1, 0.15) is 51.5 Å². The van der Waals surface area contributed by atoms with Gasteiger partial charge in [0.2, 0.25) is 5.78 Å². The molecule has 0 spiro atoms. The summed E-state index contributed by atoms with van der Waals surface area (Å²) in [6, 6.07) is 8.54. The summed E-state index contributed by atoms with van der Waals surface area (Å²) in [6.07, 6.45) is -0.750. The number of benzene rings is 1. The Bertz CT molecular complexity index is 828. The van der Waals surface area contributed by atoms with E-state index in [9.17, 15) is 9.59 Å². The van der Waals surface area contributed by atoms with Gasteiger partial charge in [0.1, 0.15) is 5.75 Å². The molecule has 6 heteroatoms. The summed E-state index contributed by atoms with van der Waals surface area (Å²) in [7, 11) is 0. The van der Waals surface area contributed by atoms with Gasteiger partial charge < -0.3 is 14.5 Å². The van der Waals surface area contributed by atoms with E-state index in [1.165, 1.54) is 0 Å². The predicted molar refractivity (Wildman–Crippen MR) is 91.8 cm³/mol. The molecule has 1 aromatic heterocycles. The number of aromatic nitrogens is 1. The van der Waals surface area contributed by atoms with Crippen LogP contribution in [0, 0.1) is 25.2 Å². The molecule has 25 heavy (non-hydrogen) atoms. The fourth-order valence-corrected chi connectivity index (χ4v) is 2.57. The van der Waals surface area contributed by atoms with E-state index in [-0.39, 0.29) is 12.4 Å². The van der Waals surface area contributed by atoms with Gasteiger partial charge in [0.25, 0.3) is 0 Å². The first-order valence-electron chi connectivity index (χ1n) is 7.96. The number of H-pyrrole nitrogens is 1. The van der Waals surface area contributed by atoms with Crippen molar-refractivity contribution in [3.05, 3.63) is 52.3 Å². The molecular formula is C19H20N2O4. The SMILES string of the molecule is CCOC(=O)c1c(C)[nH]c(C(=O)[C@@H](C)Oc2ccc(C#N)cc2)c1C. The van der Waals surface area contributed by atoms with Crippen LogP contribution in [-0.2, 0) is 4.74 Å². The maximum Gasteiger partial charge on any atom is 0.340 e. The average Bonchev–Trinajstić information content (AvgIpc) is 2.89. The lowest BCUT2D eigenvalue weighted by atomic mass is 10.1. The second-order valence-electron chi connectivity index (χ2n) is 5.61. The van der Waals surface area contributed by atoms with Gasteiger partial charge in [-0.1, -0.05) is 0 Å². The summed E-state index contributed by atoms with van der Waals surface area (Å²) in [4.78, 5) is 27.7. The van der Waals surface area contributed by atoms with E-state index >= 15 is 0 Å². The molecule has 1 heterocycles. The standard InChI is InChI=1S/C19H20N2O4/c1-5-24-19(23)16-11(2)17(21-12(16)3)18(22)13(4)25-15-8-6-14(10-20)7-9-15/h6-9,13,21H,5H2,1-4H3/t13-/m1/s1. The third-order valence-corrected chi connectivity index (χ3v) is 3.83. The molecule has 1 atom stereocenters. The highest BCUT2D eigenvalue weighted by Gasteiger charge is 2.26. The Labute approximate surface area is 146 Å². The lowest BCUT2D eigenvalue weighted by Gasteiger charge is -2.13. The van der Waals surface area contributed by atoms with Crippen molar-refractivity contribution in [2.24, 2.45) is 0 Å². The number of hydrogen-bond donors (Lipinski definition) is 1. The highest BCUT2D eigenvalue weighted by molar-refractivity contribution is 6.03. The fraction of sp³-hybridized carbons (Fsp3) is 0.316. The van der Waals surface area contributed by atoms with Gasteiger partial charge in [-0.3, -0.25) is 4.79 Å². The number of nitrogens with one attached hydrogen (secondary N) is 1. The first-order valence-corrected chi connectivity index (χ1v) is 7.96. The largest absolute Gasteiger partial charge is 0.483 e. The zero-order valence-electron chi connectivity index (χ0n) is 14.7. The third-order valence-electron chi connectivity index (χ3n) is 3.83. The Morgan fingerprint density at radius 3 is 2.44 bits per heavy atom. The third kappa shape index (κ3) is 3.89. The number of aromatic amines is 1. The molecule has 130 valence electrons. The van der Waals surface area contributed by atoms with Crippen LogP contribution >= 0.6 is 0 Å². The van der Waals surface area contributed by atoms with Gasteiger partial charge in [0.05, 0.1) is 29.5 Å². The summed E-state index contributed by atoms with van der Waals surface area (Å²) >= 11 is 0. The molecular weight excluding hydrogens is 320 g/mol. The van der Waals surface area contributed by atoms with Gasteiger partial charge in [-0.05, 0) is 57.5 Å². The molecule has 1 aromatic carbocycles. The number of hydrogen-bond acceptors (Lipinski definition) is 5. The number of ketones is 1. The summed E-state index contributed by atoms with van der Waals surface area (Å²) < 4.78 is 10.7. The topological polar surface area (TPSA) is 92.2 Å². The van der Waals surface area contributed by atoms with Gasteiger partial charge in [-0.25, -0.2) is 4.79 Å². The van der Waals surface area contributed by atoms with Gasteiger partial charge >= 0.3 is 5.97 Å². The minimum absolute atomic E-state index is 0.263. The fourth-order valence-electron chi connectivity index (χ4n) is 2.57. The van der Waals surface area contributed by atoms with Crippen molar-refractivity contribution in [1.29, 1.82) is 5.26 Å². The summed E-state index contributed by atoms with van der Waals surface area (Å²) in [5.74, 6) is -0.222. The van der Waals surface area contributed by atoms with E-state index in [0.29, 0.717) is 33.8 Å². The molecule has 0 saturated heterocycles. The number of nitrogens with zero attached hydrogens (tertiary/aromatic N) is 1. The maximum atomic E-state index is 12.7. The van der Waals surface area contributed by atoms with Crippen molar-refractivity contribution in [2.45, 2.75) is 33.8 Å². The molecule has 1 N–H and O–H groups in total. The van der Waals surface area contributed by atoms with Gasteiger partial charge in [-0.15, -0.1) is 0 Å². The van der Waals surface area contributed by atoms with Gasteiger partial charge in [-0.2, -0.15) is 5.26 Å². The van der Waals surface area contributed by atoms with Gasteiger partial charge in [0, 0.05) is 5.69 Å². The Kier molecular flexibility index (Phi) is 5.60. The van der Waals surface area contributed by atoms with Crippen LogP contribution in [-0.4, -0.2) is 29.4 Å². The average molecular weight is 340 g/mol. The monoisotopic (exact) mass is 340 g/mol. The first-order chi connectivity index (χ1) is 11.9. The lowest BCUT2D eigenvalue weighted by Crippen LogP contribution is -2.25. The van der Waals surface area contributed by atoms with Crippen molar-refractivity contribution in [2.75, 3.05) is 6.61 Å². The molecule has 0 amide bonds. The van der Waals surface area contributed by atoms with Crippen LogP contribution in [0.5, 0.6) is 5.75 Å².